The largest absolute Gasteiger partial charge is 0.469 e. The van der Waals surface area contributed by atoms with Crippen LogP contribution in [0.2, 0.25) is 0 Å². The highest BCUT2D eigenvalue weighted by Gasteiger charge is 2.15. The van der Waals surface area contributed by atoms with Crippen LogP contribution >= 0.6 is 0 Å². The molecule has 0 spiro atoms. The smallest absolute Gasteiger partial charge is 0.308 e. The third kappa shape index (κ3) is 2.49. The minimum absolute atomic E-state index is 0.0231. The van der Waals surface area contributed by atoms with Crippen molar-refractivity contribution < 1.29 is 9.53 Å². The molecule has 0 radical (unpaired) electrons. The molecule has 0 aliphatic rings. The van der Waals surface area contributed by atoms with E-state index in [1.54, 1.807) is 0 Å². The average Bonchev–Trinajstić information content (AvgIpc) is 1.84. The van der Waals surface area contributed by atoms with Gasteiger partial charge in [0.05, 0.1) is 13.0 Å². The molecule has 2 heteroatoms. The first-order chi connectivity index (χ1) is 4.09. The fourth-order valence-electron chi connectivity index (χ4n) is 0.458. The van der Waals surface area contributed by atoms with E-state index in [1.165, 1.54) is 7.11 Å². The van der Waals surface area contributed by atoms with E-state index in [2.05, 4.69) is 4.74 Å². The third-order valence-electron chi connectivity index (χ3n) is 1.57. The molecule has 0 N–H and O–H groups in total. The Bertz CT molecular complexity index is 97.1. The first kappa shape index (κ1) is 8.47. The number of ether oxygens (including phenoxy) is 1. The van der Waals surface area contributed by atoms with Crippen molar-refractivity contribution in [1.29, 1.82) is 0 Å². The molecule has 2 nitrogen and oxygen atoms in total. The average molecular weight is 130 g/mol. The van der Waals surface area contributed by atoms with Crippen LogP contribution in [0.3, 0.4) is 0 Å². The molecule has 0 aliphatic heterocycles. The van der Waals surface area contributed by atoms with Gasteiger partial charge in [0, 0.05) is 0 Å². The highest BCUT2D eigenvalue weighted by molar-refractivity contribution is 5.71. The summed E-state index contributed by atoms with van der Waals surface area (Å²) in [6, 6.07) is 0. The summed E-state index contributed by atoms with van der Waals surface area (Å²) in [6.07, 6.45) is 0. The molecule has 0 aromatic heterocycles. The lowest BCUT2D eigenvalue weighted by molar-refractivity contribution is -0.146. The molecule has 0 aromatic rings. The van der Waals surface area contributed by atoms with Gasteiger partial charge in [0.15, 0.2) is 0 Å². The standard InChI is InChI=1S/C7H14O2/c1-5(2)6(3)7(8)9-4/h5-6H,1-4H3/t6-/m0/s1. The summed E-state index contributed by atoms with van der Waals surface area (Å²) in [5.74, 6) is 0.275. The molecular weight excluding hydrogens is 116 g/mol. The second-order valence-corrected chi connectivity index (χ2v) is 2.56. The molecule has 9 heavy (non-hydrogen) atoms. The Morgan fingerprint density at radius 1 is 1.33 bits per heavy atom. The zero-order valence-electron chi connectivity index (χ0n) is 6.47. The predicted octanol–water partition coefficient (Wildman–Crippen LogP) is 1.45. The molecule has 1 atom stereocenters. The van der Waals surface area contributed by atoms with Gasteiger partial charge in [-0.25, -0.2) is 0 Å². The number of hydrogen-bond acceptors (Lipinski definition) is 2. The molecule has 0 aromatic carbocycles. The van der Waals surface area contributed by atoms with Crippen LogP contribution in [-0.4, -0.2) is 13.1 Å². The quantitative estimate of drug-likeness (QED) is 0.529. The van der Waals surface area contributed by atoms with Gasteiger partial charge in [0.2, 0.25) is 0 Å². The van der Waals surface area contributed by atoms with Gasteiger partial charge in [-0.1, -0.05) is 20.8 Å². The first-order valence-electron chi connectivity index (χ1n) is 3.17. The van der Waals surface area contributed by atoms with E-state index in [1.807, 2.05) is 20.8 Å². The number of hydrogen-bond donors (Lipinski definition) is 0. The maximum absolute atomic E-state index is 10.7. The summed E-state index contributed by atoms with van der Waals surface area (Å²) in [4.78, 5) is 10.7. The minimum Gasteiger partial charge on any atom is -0.469 e. The summed E-state index contributed by atoms with van der Waals surface area (Å²) in [6.45, 7) is 5.87. The van der Waals surface area contributed by atoms with Gasteiger partial charge < -0.3 is 4.74 Å². The van der Waals surface area contributed by atoms with Crippen LogP contribution in [-0.2, 0) is 9.53 Å². The lowest BCUT2D eigenvalue weighted by atomic mass is 9.99. The summed E-state index contributed by atoms with van der Waals surface area (Å²) < 4.78 is 4.53. The number of rotatable bonds is 2. The molecule has 54 valence electrons. The molecule has 0 amide bonds. The van der Waals surface area contributed by atoms with Gasteiger partial charge in [-0.3, -0.25) is 4.79 Å². The topological polar surface area (TPSA) is 26.3 Å². The highest BCUT2D eigenvalue weighted by Crippen LogP contribution is 2.10. The molecular formula is C7H14O2. The van der Waals surface area contributed by atoms with Gasteiger partial charge in [-0.2, -0.15) is 0 Å². The Labute approximate surface area is 56.2 Å². The maximum atomic E-state index is 10.7. The predicted molar refractivity (Wildman–Crippen MR) is 36.0 cm³/mol. The van der Waals surface area contributed by atoms with Crippen LogP contribution in [0.25, 0.3) is 0 Å². The lowest BCUT2D eigenvalue weighted by Gasteiger charge is -2.11. The van der Waals surface area contributed by atoms with E-state index >= 15 is 0 Å². The van der Waals surface area contributed by atoms with Crippen molar-refractivity contribution in [3.05, 3.63) is 0 Å². The Morgan fingerprint density at radius 2 is 1.78 bits per heavy atom. The van der Waals surface area contributed by atoms with Crippen LogP contribution in [0.15, 0.2) is 0 Å². The van der Waals surface area contributed by atoms with E-state index in [9.17, 15) is 4.79 Å². The van der Waals surface area contributed by atoms with Crippen molar-refractivity contribution >= 4 is 5.97 Å². The second-order valence-electron chi connectivity index (χ2n) is 2.56. The molecule has 0 heterocycles. The normalized spacial score (nSPS) is 13.4. The van der Waals surface area contributed by atoms with Crippen molar-refractivity contribution in [1.82, 2.24) is 0 Å². The monoisotopic (exact) mass is 130 g/mol. The van der Waals surface area contributed by atoms with Crippen LogP contribution < -0.4 is 0 Å². The van der Waals surface area contributed by atoms with Crippen LogP contribution in [0.1, 0.15) is 20.8 Å². The molecule has 0 bridgehead atoms. The Balaban J connectivity index is 3.72. The number of carbonyl (C=O) groups is 1. The minimum atomic E-state index is -0.120. The Morgan fingerprint density at radius 3 is 1.89 bits per heavy atom. The van der Waals surface area contributed by atoms with E-state index < -0.39 is 0 Å². The second kappa shape index (κ2) is 3.49. The van der Waals surface area contributed by atoms with Gasteiger partial charge >= 0.3 is 5.97 Å². The van der Waals surface area contributed by atoms with E-state index in [4.69, 9.17) is 0 Å². The van der Waals surface area contributed by atoms with E-state index in [0.29, 0.717) is 5.92 Å². The first-order valence-corrected chi connectivity index (χ1v) is 3.17. The SMILES string of the molecule is COC(=O)[C@@H](C)C(C)C. The van der Waals surface area contributed by atoms with Gasteiger partial charge in [-0.15, -0.1) is 0 Å². The molecule has 0 saturated heterocycles. The molecule has 0 saturated carbocycles. The highest BCUT2D eigenvalue weighted by atomic mass is 16.5. The molecule has 0 fully saturated rings. The Hall–Kier alpha value is -0.530. The van der Waals surface area contributed by atoms with E-state index in [0.717, 1.165) is 0 Å². The molecule has 0 aliphatic carbocycles. The summed E-state index contributed by atoms with van der Waals surface area (Å²) in [5.41, 5.74) is 0. The van der Waals surface area contributed by atoms with Crippen molar-refractivity contribution in [2.24, 2.45) is 11.8 Å². The van der Waals surface area contributed by atoms with Gasteiger partial charge in [-0.05, 0) is 5.92 Å². The zero-order chi connectivity index (χ0) is 7.44. The number of carbonyl (C=O) groups excluding carboxylic acids is 1. The summed E-state index contributed by atoms with van der Waals surface area (Å²) in [7, 11) is 1.42. The van der Waals surface area contributed by atoms with Crippen LogP contribution in [0.5, 0.6) is 0 Å². The van der Waals surface area contributed by atoms with E-state index in [-0.39, 0.29) is 11.9 Å². The van der Waals surface area contributed by atoms with Gasteiger partial charge in [0.25, 0.3) is 0 Å². The van der Waals surface area contributed by atoms with Crippen LogP contribution in [0.4, 0.5) is 0 Å². The zero-order valence-corrected chi connectivity index (χ0v) is 6.47. The van der Waals surface area contributed by atoms with Crippen molar-refractivity contribution in [3.8, 4) is 0 Å². The van der Waals surface area contributed by atoms with Crippen molar-refractivity contribution in [3.63, 3.8) is 0 Å². The summed E-state index contributed by atoms with van der Waals surface area (Å²) in [5, 5.41) is 0. The molecule has 0 rings (SSSR count). The van der Waals surface area contributed by atoms with Crippen molar-refractivity contribution in [2.45, 2.75) is 20.8 Å². The lowest BCUT2D eigenvalue weighted by Crippen LogP contribution is -2.17. The molecule has 0 unspecified atom stereocenters. The van der Waals surface area contributed by atoms with Crippen molar-refractivity contribution in [2.75, 3.05) is 7.11 Å². The Kier molecular flexibility index (Phi) is 3.28. The fraction of sp³-hybridized carbons (Fsp3) is 0.857. The van der Waals surface area contributed by atoms with Gasteiger partial charge in [0.1, 0.15) is 0 Å². The third-order valence-corrected chi connectivity index (χ3v) is 1.57. The maximum Gasteiger partial charge on any atom is 0.308 e. The number of methoxy groups -OCH3 is 1. The van der Waals surface area contributed by atoms with Crippen LogP contribution in [0, 0.1) is 11.8 Å². The summed E-state index contributed by atoms with van der Waals surface area (Å²) >= 11 is 0. The number of esters is 1. The fourth-order valence-corrected chi connectivity index (χ4v) is 0.458.